The molecule has 11 rings (SSSR count). The number of hydrogen-bond donors (Lipinski definition) is 2. The summed E-state index contributed by atoms with van der Waals surface area (Å²) >= 11 is 3.03. The summed E-state index contributed by atoms with van der Waals surface area (Å²) in [6.45, 7) is 28.7. The number of hydrogen-bond acceptors (Lipinski definition) is 10. The molecule has 100 heavy (non-hydrogen) atoms. The summed E-state index contributed by atoms with van der Waals surface area (Å²) in [5.41, 5.74) is 17.2. The first-order chi connectivity index (χ1) is 48.5. The minimum absolute atomic E-state index is 0.215. The van der Waals surface area contributed by atoms with E-state index in [-0.39, 0.29) is 11.6 Å². The first-order valence-corrected chi connectivity index (χ1v) is 39.6. The second kappa shape index (κ2) is 35.0. The number of anilines is 4. The molecule has 0 atom stereocenters. The van der Waals surface area contributed by atoms with Crippen LogP contribution in [0.5, 0.6) is 23.0 Å². The molecule has 0 bridgehead atoms. The van der Waals surface area contributed by atoms with Crippen LogP contribution in [0.1, 0.15) is 232 Å². The molecule has 0 aliphatic heterocycles. The topological polar surface area (TPSA) is 95.1 Å². The van der Waals surface area contributed by atoms with Crippen LogP contribution in [-0.2, 0) is 0 Å². The lowest BCUT2D eigenvalue weighted by Crippen LogP contribution is -2.25. The Morgan fingerprint density at radius 3 is 0.980 bits per heavy atom. The Labute approximate surface area is 607 Å². The van der Waals surface area contributed by atoms with E-state index in [1.165, 1.54) is 126 Å². The van der Waals surface area contributed by atoms with Crippen molar-refractivity contribution in [3.8, 4) is 45.3 Å². The van der Waals surface area contributed by atoms with Crippen LogP contribution in [0, 0.1) is 79.1 Å². The average molecular weight is 1380 g/mol. The summed E-state index contributed by atoms with van der Waals surface area (Å²) in [5, 5.41) is 7.48. The number of ether oxygens (including phenoxy) is 4. The Morgan fingerprint density at radius 1 is 0.340 bits per heavy atom. The smallest absolute Gasteiger partial charge is 0.197 e. The van der Waals surface area contributed by atoms with E-state index in [9.17, 15) is 0 Å². The van der Waals surface area contributed by atoms with Gasteiger partial charge in [0.1, 0.15) is 23.0 Å². The number of nitrogens with one attached hydrogen (secondary N) is 2. The lowest BCUT2D eigenvalue weighted by Gasteiger charge is -2.29. The molecule has 8 nitrogen and oxygen atoms in total. The maximum Gasteiger partial charge on any atom is 0.197 e. The molecule has 528 valence electrons. The van der Waals surface area contributed by atoms with Gasteiger partial charge in [0.2, 0.25) is 0 Å². The van der Waals surface area contributed by atoms with Gasteiger partial charge in [0.15, 0.2) is 11.6 Å². The van der Waals surface area contributed by atoms with Crippen molar-refractivity contribution in [1.29, 1.82) is 0 Å². The minimum Gasteiger partial charge on any atom is -0.493 e. The Balaban J connectivity index is 0.946. The summed E-state index contributed by atoms with van der Waals surface area (Å²) in [7, 11) is 0. The van der Waals surface area contributed by atoms with E-state index in [0.717, 1.165) is 148 Å². The van der Waals surface area contributed by atoms with Gasteiger partial charge in [-0.25, -0.2) is 0 Å². The number of carbonyl (C=O) groups excluding carboxylic acids is 2. The van der Waals surface area contributed by atoms with Gasteiger partial charge in [0.25, 0.3) is 0 Å². The summed E-state index contributed by atoms with van der Waals surface area (Å²) in [6, 6.07) is 42.4. The highest BCUT2D eigenvalue weighted by molar-refractivity contribution is 7.99. The molecule has 3 aliphatic carbocycles. The van der Waals surface area contributed by atoms with E-state index in [0.29, 0.717) is 81.7 Å². The first kappa shape index (κ1) is 73.8. The van der Waals surface area contributed by atoms with Gasteiger partial charge < -0.3 is 29.6 Å². The van der Waals surface area contributed by atoms with Gasteiger partial charge in [0.05, 0.1) is 48.9 Å². The molecule has 0 unspecified atom stereocenters. The van der Waals surface area contributed by atoms with Crippen LogP contribution in [0.3, 0.4) is 0 Å². The molecule has 0 radical (unpaired) electrons. The number of ketones is 2. The van der Waals surface area contributed by atoms with Gasteiger partial charge >= 0.3 is 0 Å². The number of aryl methyl sites for hydroxylation is 8. The monoisotopic (exact) mass is 1380 g/mol. The maximum absolute atomic E-state index is 16.5. The zero-order valence-corrected chi connectivity index (χ0v) is 63.7. The summed E-state index contributed by atoms with van der Waals surface area (Å²) in [4.78, 5) is 36.3. The van der Waals surface area contributed by atoms with Crippen molar-refractivity contribution in [3.05, 3.63) is 188 Å². The standard InChI is InChI=1S/C90H110N2O6S2/c1-13-17-21-23-65-25-29-67(30-26-65)55-97-89-61(9)51-73(52-62(89)10)91-77-41-43-79(99-75-37-33-69(34-38-75)71-47-57(5)87(58(6)48-71)95-45-19-15-3)83-81(77)85(93)84-80(100-76-39-35-70(36-40-76)72-49-59(7)88(60(8)50-72)96-46-20-16-4)44-42-78(82(84)86(83)94)92-74-53-63(11)90(64(12)54-74)98-56-68-31-27-66(28-32-68)24-22-18-14-2/h33-44,47-54,65-68,91-92H,13-32,45-46,55-56H2,1-12H3. The molecule has 0 spiro atoms. The van der Waals surface area contributed by atoms with E-state index in [4.69, 9.17) is 18.9 Å². The van der Waals surface area contributed by atoms with Gasteiger partial charge in [-0.3, -0.25) is 9.59 Å². The highest BCUT2D eigenvalue weighted by Crippen LogP contribution is 2.48. The molecule has 3 aliphatic rings. The molecule has 0 saturated heterocycles. The van der Waals surface area contributed by atoms with E-state index in [1.807, 2.05) is 24.3 Å². The van der Waals surface area contributed by atoms with Crippen molar-refractivity contribution >= 4 is 57.8 Å². The summed E-state index contributed by atoms with van der Waals surface area (Å²) in [6.07, 6.45) is 24.8. The van der Waals surface area contributed by atoms with Crippen LogP contribution in [0.2, 0.25) is 0 Å². The average Bonchev–Trinajstić information content (AvgIpc) is 0.722. The van der Waals surface area contributed by atoms with Crippen LogP contribution < -0.4 is 29.6 Å². The van der Waals surface area contributed by atoms with Crippen molar-refractivity contribution in [2.75, 3.05) is 37.1 Å². The third kappa shape index (κ3) is 18.1. The molecule has 0 aromatic heterocycles. The molecule has 0 heterocycles. The van der Waals surface area contributed by atoms with Gasteiger partial charge in [-0.05, 0) is 281 Å². The Morgan fingerprint density at radius 2 is 0.650 bits per heavy atom. The first-order valence-electron chi connectivity index (χ1n) is 38.0. The molecule has 0 amide bonds. The maximum atomic E-state index is 16.5. The van der Waals surface area contributed by atoms with E-state index >= 15 is 9.59 Å². The highest BCUT2D eigenvalue weighted by Gasteiger charge is 2.39. The zero-order chi connectivity index (χ0) is 70.4. The van der Waals surface area contributed by atoms with Crippen LogP contribution >= 0.6 is 23.5 Å². The second-order valence-electron chi connectivity index (χ2n) is 29.4. The molecule has 2 N–H and O–H groups in total. The fraction of sp³-hybridized carbons (Fsp3) is 0.444. The zero-order valence-electron chi connectivity index (χ0n) is 62.1. The molecule has 8 aromatic rings. The highest BCUT2D eigenvalue weighted by atomic mass is 32.2. The number of fused-ring (bicyclic) bond motifs is 2. The minimum atomic E-state index is -0.215. The van der Waals surface area contributed by atoms with Crippen molar-refractivity contribution in [3.63, 3.8) is 0 Å². The van der Waals surface area contributed by atoms with Crippen molar-refractivity contribution in [1.82, 2.24) is 0 Å². The third-order valence-electron chi connectivity index (χ3n) is 21.3. The Hall–Kier alpha value is -7.40. The van der Waals surface area contributed by atoms with E-state index in [1.54, 1.807) is 0 Å². The quantitative estimate of drug-likeness (QED) is 0.0397. The predicted octanol–water partition coefficient (Wildman–Crippen LogP) is 25.9. The molecular formula is C90H110N2O6S2. The van der Waals surface area contributed by atoms with E-state index < -0.39 is 0 Å². The number of carbonyl (C=O) groups is 2. The number of unbranched alkanes of at least 4 members (excludes halogenated alkanes) is 6. The van der Waals surface area contributed by atoms with Crippen LogP contribution in [0.15, 0.2) is 141 Å². The Bertz CT molecular complexity index is 3780. The summed E-state index contributed by atoms with van der Waals surface area (Å²) < 4.78 is 26.0. The lowest BCUT2D eigenvalue weighted by atomic mass is 9.80. The fourth-order valence-electron chi connectivity index (χ4n) is 15.7. The van der Waals surface area contributed by atoms with Gasteiger partial charge in [-0.15, -0.1) is 0 Å². The van der Waals surface area contributed by atoms with Gasteiger partial charge in [0, 0.05) is 42.1 Å². The number of rotatable bonds is 32. The Kier molecular flexibility index (Phi) is 25.8. The van der Waals surface area contributed by atoms with Crippen LogP contribution in [-0.4, -0.2) is 38.0 Å². The van der Waals surface area contributed by atoms with Gasteiger partial charge in [-0.2, -0.15) is 0 Å². The largest absolute Gasteiger partial charge is 0.493 e. The van der Waals surface area contributed by atoms with Gasteiger partial charge in [-0.1, -0.05) is 165 Å². The molecule has 2 saturated carbocycles. The lowest BCUT2D eigenvalue weighted by molar-refractivity contribution is 0.0976. The van der Waals surface area contributed by atoms with Crippen LogP contribution in [0.25, 0.3) is 22.3 Å². The predicted molar refractivity (Wildman–Crippen MR) is 420 cm³/mol. The van der Waals surface area contributed by atoms with Crippen molar-refractivity contribution < 1.29 is 28.5 Å². The third-order valence-corrected chi connectivity index (χ3v) is 23.4. The van der Waals surface area contributed by atoms with Crippen LogP contribution in [0.4, 0.5) is 22.7 Å². The number of benzene rings is 8. The normalized spacial score (nSPS) is 16.6. The molecule has 10 heteroatoms. The second-order valence-corrected chi connectivity index (χ2v) is 31.7. The van der Waals surface area contributed by atoms with E-state index in [2.05, 4.69) is 191 Å². The van der Waals surface area contributed by atoms with Crippen molar-refractivity contribution in [2.24, 2.45) is 23.7 Å². The summed E-state index contributed by atoms with van der Waals surface area (Å²) in [5.74, 6) is 6.11. The molecule has 2 fully saturated rings. The molecule has 8 aromatic carbocycles. The fourth-order valence-corrected chi connectivity index (χ4v) is 17.6. The molecular weight excluding hydrogens is 1270 g/mol. The SMILES string of the molecule is CCCCCC1CCC(COc2c(C)cc(Nc3ccc(Sc4ccc(-c5cc(C)c(OCCCC)c(C)c5)cc4)c4c3C(=O)c3c(Sc5ccc(-c6cc(C)c(OCCCC)c(C)c6)cc5)ccc(Nc5cc(C)c(OCC6CCC(CCCCC)CC6)c(C)c5)c3C4=O)cc2C)CC1. The van der Waals surface area contributed by atoms with Crippen molar-refractivity contribution in [2.45, 2.75) is 231 Å².